The van der Waals surface area contributed by atoms with E-state index in [9.17, 15) is 9.59 Å². The lowest BCUT2D eigenvalue weighted by Crippen LogP contribution is -2.17. The number of rotatable bonds is 16. The van der Waals surface area contributed by atoms with E-state index in [2.05, 4.69) is 6.92 Å². The Hall–Kier alpha value is -2.70. The maximum Gasteiger partial charge on any atom is 0.373 e. The molecule has 0 fully saturated rings. The Balaban J connectivity index is 1.83. The summed E-state index contributed by atoms with van der Waals surface area (Å²) in [4.78, 5) is 45.0. The summed E-state index contributed by atoms with van der Waals surface area (Å²) in [5.74, 6) is -1.29. The third-order valence-corrected chi connectivity index (χ3v) is 5.53. The normalized spacial score (nSPS) is 10.9. The van der Waals surface area contributed by atoms with E-state index in [0.717, 1.165) is 36.8 Å². The first-order chi connectivity index (χ1) is 16.5. The van der Waals surface area contributed by atoms with Crippen molar-refractivity contribution in [1.82, 2.24) is 0 Å². The van der Waals surface area contributed by atoms with Crippen LogP contribution in [-0.2, 0) is 19.6 Å². The second kappa shape index (κ2) is 16.0. The predicted octanol–water partition coefficient (Wildman–Crippen LogP) is 7.41. The van der Waals surface area contributed by atoms with Crippen LogP contribution in [0.15, 0.2) is 48.5 Å². The average molecular weight is 469 g/mol. The highest BCUT2D eigenvalue weighted by Crippen LogP contribution is 2.20. The lowest BCUT2D eigenvalue weighted by molar-refractivity contribution is -0.364. The molecule has 2 rings (SSSR count). The molecular weight excluding hydrogens is 432 g/mol. The molecule has 0 saturated carbocycles. The Morgan fingerprint density at radius 1 is 0.618 bits per heavy atom. The Bertz CT molecular complexity index is 817. The zero-order valence-electron chi connectivity index (χ0n) is 20.3. The third kappa shape index (κ3) is 10.1. The van der Waals surface area contributed by atoms with Crippen LogP contribution in [0.25, 0.3) is 0 Å². The fourth-order valence-electron chi connectivity index (χ4n) is 3.47. The van der Waals surface area contributed by atoms with E-state index in [1.54, 1.807) is 50.2 Å². The highest BCUT2D eigenvalue weighted by atomic mass is 17.3. The third-order valence-electron chi connectivity index (χ3n) is 5.53. The van der Waals surface area contributed by atoms with Crippen molar-refractivity contribution in [3.8, 4) is 0 Å². The highest BCUT2D eigenvalue weighted by Gasteiger charge is 2.22. The first-order valence-corrected chi connectivity index (χ1v) is 12.1. The van der Waals surface area contributed by atoms with Crippen LogP contribution in [0.3, 0.4) is 0 Å². The van der Waals surface area contributed by atoms with Crippen molar-refractivity contribution in [1.29, 1.82) is 0 Å². The minimum Gasteiger partial charge on any atom is -0.289 e. The van der Waals surface area contributed by atoms with Crippen LogP contribution in [0.4, 0.5) is 0 Å². The lowest BCUT2D eigenvalue weighted by atomic mass is 10.1. The van der Waals surface area contributed by atoms with Gasteiger partial charge in [0.1, 0.15) is 0 Å². The van der Waals surface area contributed by atoms with E-state index < -0.39 is 11.9 Å². The molecule has 0 aromatic heterocycles. The smallest absolute Gasteiger partial charge is 0.289 e. The van der Waals surface area contributed by atoms with E-state index in [-0.39, 0.29) is 6.29 Å². The van der Waals surface area contributed by atoms with Gasteiger partial charge < -0.3 is 0 Å². The van der Waals surface area contributed by atoms with Gasteiger partial charge in [0.25, 0.3) is 0 Å². The summed E-state index contributed by atoms with van der Waals surface area (Å²) in [5.41, 5.74) is 2.30. The summed E-state index contributed by atoms with van der Waals surface area (Å²) in [7, 11) is 0. The first-order valence-electron chi connectivity index (χ1n) is 12.1. The number of carbonyl (C=O) groups excluding carboxylic acids is 2. The standard InChI is InChI=1S/C28H36O6/c1-4-5-6-7-8-9-10-11-12-21-26(31-33-27(29)24-19-15-13-17-22(24)2)32-34-28(30)25-20-16-14-18-23(25)3/h13-20H,1,4-12,21H2,2-3H3. The zero-order chi connectivity index (χ0) is 24.6. The maximum atomic E-state index is 12.4. The predicted molar refractivity (Wildman–Crippen MR) is 130 cm³/mol. The Kier molecular flexibility index (Phi) is 13.0. The molecule has 0 aliphatic carbocycles. The molecule has 0 amide bonds. The van der Waals surface area contributed by atoms with Gasteiger partial charge in [-0.15, -0.1) is 9.78 Å². The monoisotopic (exact) mass is 468 g/mol. The molecule has 0 atom stereocenters. The topological polar surface area (TPSA) is 71.1 Å². The van der Waals surface area contributed by atoms with Crippen molar-refractivity contribution >= 4 is 11.9 Å². The number of unbranched alkanes of at least 4 members (excludes halogenated alkanes) is 8. The molecule has 6 heteroatoms. The van der Waals surface area contributed by atoms with Crippen LogP contribution in [-0.4, -0.2) is 11.9 Å². The molecule has 0 saturated heterocycles. The molecule has 0 aliphatic rings. The number of carbonyl (C=O) groups is 2. The SMILES string of the molecule is [CH2]CCCCCCCCCC[C](OOC(=O)c1ccccc1C)OOC(=O)c1ccccc1C. The summed E-state index contributed by atoms with van der Waals surface area (Å²) in [6.07, 6.45) is 10.1. The summed E-state index contributed by atoms with van der Waals surface area (Å²) in [6, 6.07) is 14.1. The van der Waals surface area contributed by atoms with Gasteiger partial charge in [-0.3, -0.25) is 9.78 Å². The van der Waals surface area contributed by atoms with Gasteiger partial charge in [-0.1, -0.05) is 94.7 Å². The summed E-state index contributed by atoms with van der Waals surface area (Å²) < 4.78 is 0. The molecule has 0 heterocycles. The van der Waals surface area contributed by atoms with Crippen molar-refractivity contribution in [2.24, 2.45) is 0 Å². The number of benzene rings is 2. The van der Waals surface area contributed by atoms with Crippen molar-refractivity contribution in [3.05, 3.63) is 84.0 Å². The Labute approximate surface area is 203 Å². The Morgan fingerprint density at radius 3 is 1.47 bits per heavy atom. The van der Waals surface area contributed by atoms with E-state index >= 15 is 0 Å². The largest absolute Gasteiger partial charge is 0.373 e. The van der Waals surface area contributed by atoms with Gasteiger partial charge in [0.05, 0.1) is 11.1 Å². The zero-order valence-corrected chi connectivity index (χ0v) is 20.3. The van der Waals surface area contributed by atoms with Crippen molar-refractivity contribution in [2.75, 3.05) is 0 Å². The Morgan fingerprint density at radius 2 is 1.03 bits per heavy atom. The first kappa shape index (κ1) is 27.5. The number of hydrogen-bond acceptors (Lipinski definition) is 6. The molecule has 184 valence electrons. The van der Waals surface area contributed by atoms with Crippen LogP contribution in [0, 0.1) is 27.1 Å². The fraction of sp³-hybridized carbons (Fsp3) is 0.429. The van der Waals surface area contributed by atoms with Crippen molar-refractivity contribution in [3.63, 3.8) is 0 Å². The molecule has 34 heavy (non-hydrogen) atoms. The van der Waals surface area contributed by atoms with E-state index in [1.165, 1.54) is 32.1 Å². The molecule has 0 N–H and O–H groups in total. The van der Waals surface area contributed by atoms with Crippen LogP contribution in [0.1, 0.15) is 96.1 Å². The van der Waals surface area contributed by atoms with Gasteiger partial charge in [-0.25, -0.2) is 9.59 Å². The summed E-state index contributed by atoms with van der Waals surface area (Å²) >= 11 is 0. The van der Waals surface area contributed by atoms with Crippen LogP contribution in [0.5, 0.6) is 0 Å². The maximum absolute atomic E-state index is 12.4. The fourth-order valence-corrected chi connectivity index (χ4v) is 3.47. The molecule has 6 nitrogen and oxygen atoms in total. The summed E-state index contributed by atoms with van der Waals surface area (Å²) in [5, 5.41) is 0. The molecular formula is C28H36O6. The highest BCUT2D eigenvalue weighted by molar-refractivity contribution is 5.91. The van der Waals surface area contributed by atoms with Gasteiger partial charge in [0.15, 0.2) is 0 Å². The number of hydrogen-bond donors (Lipinski definition) is 0. The van der Waals surface area contributed by atoms with E-state index in [1.807, 2.05) is 12.1 Å². The van der Waals surface area contributed by atoms with Gasteiger partial charge in [-0.2, -0.15) is 0 Å². The van der Waals surface area contributed by atoms with Crippen LogP contribution >= 0.6 is 0 Å². The molecule has 0 spiro atoms. The van der Waals surface area contributed by atoms with E-state index in [0.29, 0.717) is 17.5 Å². The number of aryl methyl sites for hydroxylation is 2. The van der Waals surface area contributed by atoms with Crippen LogP contribution in [0.2, 0.25) is 0 Å². The van der Waals surface area contributed by atoms with Gasteiger partial charge in [0.2, 0.25) is 0 Å². The average Bonchev–Trinajstić information content (AvgIpc) is 2.84. The van der Waals surface area contributed by atoms with Crippen LogP contribution < -0.4 is 0 Å². The second-order valence-electron chi connectivity index (χ2n) is 8.34. The quantitative estimate of drug-likeness (QED) is 0.145. The minimum atomic E-state index is -0.647. The lowest BCUT2D eigenvalue weighted by Gasteiger charge is -2.14. The van der Waals surface area contributed by atoms with Crippen molar-refractivity contribution in [2.45, 2.75) is 78.1 Å². The summed E-state index contributed by atoms with van der Waals surface area (Å²) in [6.45, 7) is 7.48. The van der Waals surface area contributed by atoms with E-state index in [4.69, 9.17) is 19.6 Å². The molecule has 0 unspecified atom stereocenters. The molecule has 0 bridgehead atoms. The molecule has 0 aliphatic heterocycles. The molecule has 2 aromatic rings. The second-order valence-corrected chi connectivity index (χ2v) is 8.34. The van der Waals surface area contributed by atoms with Gasteiger partial charge in [0, 0.05) is 6.42 Å². The van der Waals surface area contributed by atoms with Gasteiger partial charge >= 0.3 is 18.2 Å². The van der Waals surface area contributed by atoms with Gasteiger partial charge in [-0.05, 0) is 43.5 Å². The molecule has 2 radical (unpaired) electrons. The minimum absolute atomic E-state index is 0.0701. The van der Waals surface area contributed by atoms with Crippen molar-refractivity contribution < 1.29 is 29.1 Å². The molecule has 2 aromatic carbocycles.